The monoisotopic (exact) mass is 883 g/mol. The van der Waals surface area contributed by atoms with E-state index in [9.17, 15) is 28.8 Å². The molecule has 0 unspecified atom stereocenters. The van der Waals surface area contributed by atoms with E-state index in [0.29, 0.717) is 17.1 Å². The summed E-state index contributed by atoms with van der Waals surface area (Å²) in [4.78, 5) is 83.5. The Kier molecular flexibility index (Phi) is 9.24. The Bertz CT molecular complexity index is 2450. The van der Waals surface area contributed by atoms with Crippen molar-refractivity contribution in [3.63, 3.8) is 0 Å². The zero-order chi connectivity index (χ0) is 40.9. The van der Waals surface area contributed by atoms with Gasteiger partial charge in [-0.3, -0.25) is 28.8 Å². The molecular formula is C43H19Cl6N3O6. The molecule has 15 heteroatoms. The first-order chi connectivity index (χ1) is 27.7. The normalized spacial score (nSPS) is 14.6. The van der Waals surface area contributed by atoms with E-state index in [4.69, 9.17) is 69.6 Å². The lowest BCUT2D eigenvalue weighted by molar-refractivity contribution is 0.0910. The van der Waals surface area contributed by atoms with Crippen molar-refractivity contribution >= 4 is 122 Å². The van der Waals surface area contributed by atoms with E-state index in [0.717, 1.165) is 31.4 Å². The van der Waals surface area contributed by atoms with Gasteiger partial charge in [0.05, 0.1) is 80.6 Å². The maximum absolute atomic E-state index is 13.4. The van der Waals surface area contributed by atoms with Crippen LogP contribution in [0.2, 0.25) is 30.1 Å². The molecule has 3 heterocycles. The number of hydrogen-bond acceptors (Lipinski definition) is 6. The second kappa shape index (κ2) is 14.1. The van der Waals surface area contributed by atoms with E-state index in [1.165, 1.54) is 36.4 Å². The van der Waals surface area contributed by atoms with E-state index in [1.807, 2.05) is 0 Å². The van der Waals surface area contributed by atoms with Crippen LogP contribution in [0.1, 0.15) is 84.8 Å². The molecule has 0 radical (unpaired) electrons. The van der Waals surface area contributed by atoms with Crippen LogP contribution in [0.25, 0.3) is 0 Å². The number of halogens is 6. The molecule has 0 saturated carbocycles. The summed E-state index contributed by atoms with van der Waals surface area (Å²) in [7, 11) is 0. The van der Waals surface area contributed by atoms with Gasteiger partial charge >= 0.3 is 0 Å². The van der Waals surface area contributed by atoms with Gasteiger partial charge in [-0.1, -0.05) is 106 Å². The van der Waals surface area contributed by atoms with Gasteiger partial charge in [-0.2, -0.15) is 0 Å². The third kappa shape index (κ3) is 5.92. The molecule has 0 atom stereocenters. The molecule has 0 spiro atoms. The van der Waals surface area contributed by atoms with Crippen LogP contribution < -0.4 is 14.7 Å². The summed E-state index contributed by atoms with van der Waals surface area (Å²) in [5.41, 5.74) is 3.90. The maximum atomic E-state index is 13.4. The van der Waals surface area contributed by atoms with E-state index in [1.54, 1.807) is 72.8 Å². The minimum Gasteiger partial charge on any atom is -0.268 e. The lowest BCUT2D eigenvalue weighted by Crippen LogP contribution is -2.29. The zero-order valence-corrected chi connectivity index (χ0v) is 33.6. The summed E-state index contributed by atoms with van der Waals surface area (Å²) in [5, 5.41) is 0.874. The number of fused-ring (bicyclic) bond motifs is 3. The lowest BCUT2D eigenvalue weighted by atomic mass is 9.85. The number of carbonyl (C=O) groups excluding carboxylic acids is 6. The quantitative estimate of drug-likeness (QED) is 0.122. The molecule has 284 valence electrons. The molecule has 6 aromatic carbocycles. The van der Waals surface area contributed by atoms with E-state index in [-0.39, 0.29) is 63.5 Å². The van der Waals surface area contributed by atoms with Gasteiger partial charge in [0.15, 0.2) is 0 Å². The van der Waals surface area contributed by atoms with Crippen LogP contribution in [0.15, 0.2) is 109 Å². The molecule has 6 aromatic rings. The first-order valence-corrected chi connectivity index (χ1v) is 19.4. The smallest absolute Gasteiger partial charge is 0.266 e. The van der Waals surface area contributed by atoms with Crippen LogP contribution >= 0.6 is 69.6 Å². The van der Waals surface area contributed by atoms with Gasteiger partial charge in [-0.15, -0.1) is 0 Å². The molecule has 3 aliphatic rings. The topological polar surface area (TPSA) is 112 Å². The largest absolute Gasteiger partial charge is 0.268 e. The van der Waals surface area contributed by atoms with Gasteiger partial charge in [0, 0.05) is 5.92 Å². The molecule has 6 amide bonds. The van der Waals surface area contributed by atoms with Crippen molar-refractivity contribution in [2.24, 2.45) is 0 Å². The predicted octanol–water partition coefficient (Wildman–Crippen LogP) is 11.2. The summed E-state index contributed by atoms with van der Waals surface area (Å²) in [6, 6.07) is 28.6. The first-order valence-electron chi connectivity index (χ1n) is 17.2. The van der Waals surface area contributed by atoms with Gasteiger partial charge in [-0.05, 0) is 89.5 Å². The highest BCUT2D eigenvalue weighted by atomic mass is 35.5. The highest BCUT2D eigenvalue weighted by Crippen LogP contribution is 2.40. The molecule has 0 N–H and O–H groups in total. The van der Waals surface area contributed by atoms with Crippen molar-refractivity contribution < 1.29 is 28.8 Å². The van der Waals surface area contributed by atoms with E-state index < -0.39 is 41.4 Å². The van der Waals surface area contributed by atoms with Gasteiger partial charge < -0.3 is 0 Å². The van der Waals surface area contributed by atoms with E-state index >= 15 is 0 Å². The number of nitrogens with zero attached hydrogens (tertiary/aromatic N) is 3. The Balaban J connectivity index is 1.07. The van der Waals surface area contributed by atoms with Crippen LogP contribution in [-0.4, -0.2) is 35.4 Å². The Morgan fingerprint density at radius 2 is 0.466 bits per heavy atom. The van der Waals surface area contributed by atoms with Crippen LogP contribution in [-0.2, 0) is 0 Å². The molecule has 9 rings (SSSR count). The van der Waals surface area contributed by atoms with Crippen molar-refractivity contribution in [1.82, 2.24) is 0 Å². The summed E-state index contributed by atoms with van der Waals surface area (Å²) >= 11 is 36.9. The molecule has 3 aliphatic heterocycles. The fourth-order valence-corrected chi connectivity index (χ4v) is 8.41. The molecule has 0 fully saturated rings. The number of rotatable bonds is 6. The van der Waals surface area contributed by atoms with Gasteiger partial charge in [0.2, 0.25) is 0 Å². The van der Waals surface area contributed by atoms with Crippen molar-refractivity contribution in [1.29, 1.82) is 0 Å². The number of imide groups is 3. The molecule has 0 saturated heterocycles. The standard InChI is InChI=1S/C43H19Cl6N3O6/c44-31-13-25-26(14-32(31)45)39(54)50(38(25)53)22-7-1-19(2-8-22)37(20-3-9-23(10-4-20)51-40(55)27-15-33(46)34(47)16-28(27)41(51)56)21-5-11-24(12-6-21)52-42(57)29-17-35(48)36(49)18-30(29)43(52)58/h1-18,37H. The Hall–Kier alpha value is -5.52. The number of amides is 6. The minimum atomic E-state index is -0.551. The molecule has 58 heavy (non-hydrogen) atoms. The summed E-state index contributed by atoms with van der Waals surface area (Å²) in [5.74, 6) is -3.83. The summed E-state index contributed by atoms with van der Waals surface area (Å²) in [6.07, 6.45) is 0. The SMILES string of the molecule is O=C1c2cc(Cl)c(Cl)cc2C(=O)N1c1ccc(C(c2ccc(N3C(=O)c4cc(Cl)c(Cl)cc4C3=O)cc2)c2ccc(N3C(=O)c4cc(Cl)c(Cl)cc4C3=O)cc2)cc1. The third-order valence-electron chi connectivity index (χ3n) is 10.2. The van der Waals surface area contributed by atoms with Gasteiger partial charge in [0.25, 0.3) is 35.4 Å². The number of carbonyl (C=O) groups is 6. The third-order valence-corrected chi connectivity index (χ3v) is 12.4. The van der Waals surface area contributed by atoms with Crippen molar-refractivity contribution in [3.8, 4) is 0 Å². The first kappa shape index (κ1) is 38.0. The van der Waals surface area contributed by atoms with Crippen molar-refractivity contribution in [2.75, 3.05) is 14.7 Å². The van der Waals surface area contributed by atoms with Crippen LogP contribution in [0, 0.1) is 0 Å². The number of benzene rings is 6. The zero-order valence-electron chi connectivity index (χ0n) is 29.0. The predicted molar refractivity (Wildman–Crippen MR) is 223 cm³/mol. The van der Waals surface area contributed by atoms with Crippen LogP contribution in [0.4, 0.5) is 17.1 Å². The molecule has 0 aromatic heterocycles. The Labute approximate surface area is 358 Å². The highest BCUT2D eigenvalue weighted by Gasteiger charge is 2.40. The highest BCUT2D eigenvalue weighted by molar-refractivity contribution is 6.46. The summed E-state index contributed by atoms with van der Waals surface area (Å²) < 4.78 is 0. The minimum absolute atomic E-state index is 0.134. The number of anilines is 3. The fraction of sp³-hybridized carbons (Fsp3) is 0.0233. The fourth-order valence-electron chi connectivity index (χ4n) is 7.43. The van der Waals surface area contributed by atoms with E-state index in [2.05, 4.69) is 0 Å². The van der Waals surface area contributed by atoms with Crippen LogP contribution in [0.3, 0.4) is 0 Å². The van der Waals surface area contributed by atoms with Gasteiger partial charge in [0.1, 0.15) is 0 Å². The lowest BCUT2D eigenvalue weighted by Gasteiger charge is -2.22. The molecular weight excluding hydrogens is 867 g/mol. The molecule has 0 bridgehead atoms. The van der Waals surface area contributed by atoms with Crippen LogP contribution in [0.5, 0.6) is 0 Å². The molecule has 9 nitrogen and oxygen atoms in total. The second-order valence-corrected chi connectivity index (χ2v) is 15.9. The Morgan fingerprint density at radius 1 is 0.293 bits per heavy atom. The second-order valence-electron chi connectivity index (χ2n) is 13.5. The molecule has 0 aliphatic carbocycles. The van der Waals surface area contributed by atoms with Crippen molar-refractivity contribution in [2.45, 2.75) is 5.92 Å². The average molecular weight is 886 g/mol. The summed E-state index contributed by atoms with van der Waals surface area (Å²) in [6.45, 7) is 0. The number of hydrogen-bond donors (Lipinski definition) is 0. The van der Waals surface area contributed by atoms with Gasteiger partial charge in [-0.25, -0.2) is 14.7 Å². The maximum Gasteiger partial charge on any atom is 0.266 e. The average Bonchev–Trinajstić information content (AvgIpc) is 3.70. The Morgan fingerprint density at radius 3 is 0.638 bits per heavy atom. The van der Waals surface area contributed by atoms with Crippen molar-refractivity contribution in [3.05, 3.63) is 189 Å².